The molecule has 0 radical (unpaired) electrons. The third-order valence-electron chi connectivity index (χ3n) is 4.45. The number of hydrogen-bond donors (Lipinski definition) is 3. The minimum absolute atomic E-state index is 0.0148. The van der Waals surface area contributed by atoms with Gasteiger partial charge in [0.15, 0.2) is 16.7 Å². The Bertz CT molecular complexity index is 1170. The van der Waals surface area contributed by atoms with Crippen molar-refractivity contribution in [3.8, 4) is 11.5 Å². The number of amides is 2. The number of benzene rings is 2. The summed E-state index contributed by atoms with van der Waals surface area (Å²) in [6.45, 7) is 0.390. The molecule has 1 heterocycles. The normalized spacial score (nSPS) is 10.4. The average molecular weight is 469 g/mol. The number of carbonyl (C=O) groups is 2. The summed E-state index contributed by atoms with van der Waals surface area (Å²) in [5.41, 5.74) is 1.45. The molecule has 0 saturated carbocycles. The van der Waals surface area contributed by atoms with Gasteiger partial charge in [-0.1, -0.05) is 42.1 Å². The number of methoxy groups -OCH3 is 2. The van der Waals surface area contributed by atoms with Crippen molar-refractivity contribution in [3.63, 3.8) is 0 Å². The molecule has 0 aliphatic heterocycles. The fraction of sp³-hybridized carbons (Fsp3) is 0.217. The van der Waals surface area contributed by atoms with E-state index in [1.807, 2.05) is 30.3 Å². The van der Waals surface area contributed by atoms with Gasteiger partial charge in [0.1, 0.15) is 0 Å². The zero-order valence-corrected chi connectivity index (χ0v) is 19.0. The van der Waals surface area contributed by atoms with Gasteiger partial charge in [-0.05, 0) is 17.7 Å². The van der Waals surface area contributed by atoms with Gasteiger partial charge in [0, 0.05) is 24.4 Å². The number of thioether (sulfide) groups is 1. The minimum Gasteiger partial charge on any atom is -0.493 e. The van der Waals surface area contributed by atoms with Gasteiger partial charge in [-0.3, -0.25) is 14.4 Å². The first-order valence-corrected chi connectivity index (χ1v) is 11.0. The van der Waals surface area contributed by atoms with Crippen LogP contribution in [0.4, 0.5) is 5.69 Å². The van der Waals surface area contributed by atoms with E-state index in [2.05, 4.69) is 20.6 Å². The van der Waals surface area contributed by atoms with Crippen molar-refractivity contribution in [3.05, 3.63) is 76.2 Å². The van der Waals surface area contributed by atoms with Gasteiger partial charge in [0.2, 0.25) is 11.8 Å². The Labute approximate surface area is 194 Å². The van der Waals surface area contributed by atoms with Gasteiger partial charge in [0.05, 0.1) is 32.1 Å². The summed E-state index contributed by atoms with van der Waals surface area (Å²) in [5, 5.41) is 5.81. The molecule has 3 N–H and O–H groups in total. The van der Waals surface area contributed by atoms with Crippen molar-refractivity contribution < 1.29 is 19.1 Å². The maximum Gasteiger partial charge on any atom is 0.251 e. The first kappa shape index (κ1) is 23.9. The molecule has 2 amide bonds. The van der Waals surface area contributed by atoms with Crippen molar-refractivity contribution in [2.45, 2.75) is 18.1 Å². The number of ether oxygens (including phenoxy) is 2. The number of aromatic amines is 1. The Hall–Kier alpha value is -3.79. The highest BCUT2D eigenvalue weighted by Crippen LogP contribution is 2.29. The molecule has 0 aliphatic rings. The summed E-state index contributed by atoms with van der Waals surface area (Å²) in [6.07, 6.45) is -0.0395. The largest absolute Gasteiger partial charge is 0.493 e. The Morgan fingerprint density at radius 1 is 1.00 bits per heavy atom. The lowest BCUT2D eigenvalue weighted by molar-refractivity contribution is -0.120. The second-order valence-electron chi connectivity index (χ2n) is 6.89. The molecule has 0 fully saturated rings. The third-order valence-corrected chi connectivity index (χ3v) is 5.33. The van der Waals surface area contributed by atoms with Crippen LogP contribution in [0.15, 0.2) is 64.5 Å². The van der Waals surface area contributed by atoms with Crippen LogP contribution in [0.5, 0.6) is 11.5 Å². The SMILES string of the molecule is COc1ccc(NC(=O)CSc2nc(CC(=O)NCc3ccccc3)cc(=O)[nH]2)cc1OC. The van der Waals surface area contributed by atoms with Crippen LogP contribution in [0.1, 0.15) is 11.3 Å². The predicted molar refractivity (Wildman–Crippen MR) is 126 cm³/mol. The molecule has 0 spiro atoms. The van der Waals surface area contributed by atoms with E-state index in [1.165, 1.54) is 20.3 Å². The Morgan fingerprint density at radius 3 is 2.48 bits per heavy atom. The zero-order valence-electron chi connectivity index (χ0n) is 18.2. The fourth-order valence-corrected chi connectivity index (χ4v) is 3.61. The molecule has 0 unspecified atom stereocenters. The van der Waals surface area contributed by atoms with E-state index in [1.54, 1.807) is 18.2 Å². The van der Waals surface area contributed by atoms with E-state index in [9.17, 15) is 14.4 Å². The van der Waals surface area contributed by atoms with Crippen LogP contribution < -0.4 is 25.7 Å². The van der Waals surface area contributed by atoms with E-state index in [0.29, 0.717) is 29.4 Å². The standard InChI is InChI=1S/C23H24N4O5S/c1-31-18-9-8-16(10-19(18)32-2)25-22(30)14-33-23-26-17(12-21(29)27-23)11-20(28)24-13-15-6-4-3-5-7-15/h3-10,12H,11,13-14H2,1-2H3,(H,24,28)(H,25,30)(H,26,27,29). The van der Waals surface area contributed by atoms with Gasteiger partial charge in [-0.15, -0.1) is 0 Å². The number of carbonyl (C=O) groups excluding carboxylic acids is 2. The van der Waals surface area contributed by atoms with E-state index in [0.717, 1.165) is 17.3 Å². The van der Waals surface area contributed by atoms with Crippen molar-refractivity contribution in [1.29, 1.82) is 0 Å². The van der Waals surface area contributed by atoms with Crippen LogP contribution >= 0.6 is 11.8 Å². The molecule has 33 heavy (non-hydrogen) atoms. The van der Waals surface area contributed by atoms with Crippen LogP contribution in [0.2, 0.25) is 0 Å². The molecule has 3 aromatic rings. The molecule has 0 saturated heterocycles. The summed E-state index contributed by atoms with van der Waals surface area (Å²) >= 11 is 1.06. The van der Waals surface area contributed by atoms with Crippen LogP contribution in [0.3, 0.4) is 0 Å². The van der Waals surface area contributed by atoms with Gasteiger partial charge in [-0.25, -0.2) is 4.98 Å². The zero-order chi connectivity index (χ0) is 23.6. The lowest BCUT2D eigenvalue weighted by atomic mass is 10.2. The minimum atomic E-state index is -0.390. The van der Waals surface area contributed by atoms with E-state index in [4.69, 9.17) is 9.47 Å². The molecular weight excluding hydrogens is 444 g/mol. The quantitative estimate of drug-likeness (QED) is 0.308. The summed E-state index contributed by atoms with van der Waals surface area (Å²) in [6, 6.07) is 15.8. The number of hydrogen-bond acceptors (Lipinski definition) is 7. The molecule has 2 aromatic carbocycles. The lowest BCUT2D eigenvalue weighted by Gasteiger charge is -2.10. The summed E-state index contributed by atoms with van der Waals surface area (Å²) < 4.78 is 10.4. The molecule has 10 heteroatoms. The summed E-state index contributed by atoms with van der Waals surface area (Å²) in [5.74, 6) is 0.518. The Balaban J connectivity index is 1.54. The van der Waals surface area contributed by atoms with Crippen LogP contribution in [0, 0.1) is 0 Å². The molecule has 9 nitrogen and oxygen atoms in total. The molecule has 0 atom stereocenters. The van der Waals surface area contributed by atoms with Crippen molar-refractivity contribution in [2.24, 2.45) is 0 Å². The Kier molecular flexibility index (Phi) is 8.48. The number of H-pyrrole nitrogens is 1. The van der Waals surface area contributed by atoms with Crippen molar-refractivity contribution >= 4 is 29.3 Å². The number of nitrogens with one attached hydrogen (secondary N) is 3. The molecule has 0 bridgehead atoms. The van der Waals surface area contributed by atoms with Gasteiger partial charge in [0.25, 0.3) is 5.56 Å². The molecule has 172 valence electrons. The van der Waals surface area contributed by atoms with Crippen LogP contribution in [-0.4, -0.2) is 41.8 Å². The second kappa shape index (κ2) is 11.7. The number of rotatable bonds is 10. The predicted octanol–water partition coefficient (Wildman–Crippen LogP) is 2.38. The van der Waals surface area contributed by atoms with Crippen molar-refractivity contribution in [2.75, 3.05) is 25.3 Å². The molecule has 3 rings (SSSR count). The molecule has 0 aliphatic carbocycles. The lowest BCUT2D eigenvalue weighted by Crippen LogP contribution is -2.26. The third kappa shape index (κ3) is 7.39. The smallest absolute Gasteiger partial charge is 0.251 e. The average Bonchev–Trinajstić information content (AvgIpc) is 2.81. The highest BCUT2D eigenvalue weighted by molar-refractivity contribution is 7.99. The van der Waals surface area contributed by atoms with Gasteiger partial charge in [-0.2, -0.15) is 0 Å². The van der Waals surface area contributed by atoms with E-state index >= 15 is 0 Å². The van der Waals surface area contributed by atoms with Crippen LogP contribution in [-0.2, 0) is 22.6 Å². The first-order valence-electron chi connectivity index (χ1n) is 10.0. The molecular formula is C23H24N4O5S. The number of anilines is 1. The second-order valence-corrected chi connectivity index (χ2v) is 7.85. The van der Waals surface area contributed by atoms with E-state index < -0.39 is 5.56 Å². The number of aromatic nitrogens is 2. The van der Waals surface area contributed by atoms with E-state index in [-0.39, 0.29) is 29.1 Å². The summed E-state index contributed by atoms with van der Waals surface area (Å²) in [7, 11) is 3.04. The highest BCUT2D eigenvalue weighted by atomic mass is 32.2. The van der Waals surface area contributed by atoms with Crippen molar-refractivity contribution in [1.82, 2.24) is 15.3 Å². The maximum absolute atomic E-state index is 12.3. The Morgan fingerprint density at radius 2 is 1.76 bits per heavy atom. The van der Waals surface area contributed by atoms with Crippen LogP contribution in [0.25, 0.3) is 0 Å². The summed E-state index contributed by atoms with van der Waals surface area (Å²) in [4.78, 5) is 43.4. The molecule has 1 aromatic heterocycles. The number of nitrogens with zero attached hydrogens (tertiary/aromatic N) is 1. The van der Waals surface area contributed by atoms with Gasteiger partial charge < -0.3 is 25.1 Å². The fourth-order valence-electron chi connectivity index (χ4n) is 2.91. The first-order chi connectivity index (χ1) is 16.0. The topological polar surface area (TPSA) is 122 Å². The monoisotopic (exact) mass is 468 g/mol. The highest BCUT2D eigenvalue weighted by Gasteiger charge is 2.11. The van der Waals surface area contributed by atoms with Gasteiger partial charge >= 0.3 is 0 Å². The maximum atomic E-state index is 12.3.